The smallest absolute Gasteiger partial charge is 0.0972 e. The average Bonchev–Trinajstić information content (AvgIpc) is 3.01. The Morgan fingerprint density at radius 3 is 1.97 bits per heavy atom. The summed E-state index contributed by atoms with van der Waals surface area (Å²) in [5.74, 6) is 0. The minimum atomic E-state index is 0.921. The number of fused-ring (bicyclic) bond motifs is 9. The van der Waals surface area contributed by atoms with E-state index in [1.807, 2.05) is 30.7 Å². The number of pyridine rings is 4. The van der Waals surface area contributed by atoms with Crippen molar-refractivity contribution >= 4 is 54.4 Å². The van der Waals surface area contributed by atoms with E-state index in [-0.39, 0.29) is 0 Å². The van der Waals surface area contributed by atoms with Crippen LogP contribution in [-0.4, -0.2) is 19.9 Å². The molecule has 8 rings (SSSR count). The molecule has 4 heteroatoms. The van der Waals surface area contributed by atoms with Crippen LogP contribution in [0.15, 0.2) is 122 Å². The molecule has 0 aliphatic carbocycles. The minimum Gasteiger partial charge on any atom is -0.254 e. The summed E-state index contributed by atoms with van der Waals surface area (Å²) in [5, 5.41) is 6.79. The van der Waals surface area contributed by atoms with Gasteiger partial charge in [-0.25, -0.2) is 4.98 Å². The molecule has 4 aromatic heterocycles. The largest absolute Gasteiger partial charge is 0.254 e. The molecule has 0 bridgehead atoms. The molecule has 4 nitrogen and oxygen atoms in total. The summed E-state index contributed by atoms with van der Waals surface area (Å²) in [4.78, 5) is 19.3. The number of hydrogen-bond acceptors (Lipinski definition) is 4. The molecular weight excluding hydrogens is 464 g/mol. The van der Waals surface area contributed by atoms with E-state index in [9.17, 15) is 0 Å². The van der Waals surface area contributed by atoms with Crippen LogP contribution in [0.4, 0.5) is 0 Å². The first-order valence-electron chi connectivity index (χ1n) is 12.6. The SMILES string of the molecule is c1cc(-c2cnc3c(c2)c2ccccc2c2cccnc23)cc(-c2ccc3ccc4cccnc4c3n2)c1. The molecule has 0 saturated carbocycles. The molecule has 0 saturated heterocycles. The van der Waals surface area contributed by atoms with Crippen molar-refractivity contribution < 1.29 is 0 Å². The molecular formula is C34H20N4. The van der Waals surface area contributed by atoms with Crippen molar-refractivity contribution in [2.75, 3.05) is 0 Å². The molecule has 0 aliphatic heterocycles. The second-order valence-electron chi connectivity index (χ2n) is 9.56. The van der Waals surface area contributed by atoms with E-state index < -0.39 is 0 Å². The van der Waals surface area contributed by atoms with Crippen molar-refractivity contribution in [3.05, 3.63) is 122 Å². The van der Waals surface area contributed by atoms with Crippen molar-refractivity contribution in [1.82, 2.24) is 19.9 Å². The highest BCUT2D eigenvalue weighted by Gasteiger charge is 2.12. The quantitative estimate of drug-likeness (QED) is 0.231. The van der Waals surface area contributed by atoms with E-state index in [0.29, 0.717) is 0 Å². The first-order valence-corrected chi connectivity index (χ1v) is 12.6. The predicted octanol–water partition coefficient (Wildman–Crippen LogP) is 8.37. The van der Waals surface area contributed by atoms with Crippen molar-refractivity contribution in [1.29, 1.82) is 0 Å². The number of rotatable bonds is 2. The molecule has 0 spiro atoms. The molecule has 8 aromatic rings. The maximum atomic E-state index is 5.05. The molecule has 0 unspecified atom stereocenters. The zero-order valence-corrected chi connectivity index (χ0v) is 20.3. The fraction of sp³-hybridized carbons (Fsp3) is 0. The Balaban J connectivity index is 1.31. The Bertz CT molecular complexity index is 2170. The second-order valence-corrected chi connectivity index (χ2v) is 9.56. The molecule has 176 valence electrons. The highest BCUT2D eigenvalue weighted by molar-refractivity contribution is 6.23. The lowest BCUT2D eigenvalue weighted by molar-refractivity contribution is 1.36. The van der Waals surface area contributed by atoms with Gasteiger partial charge in [-0.1, -0.05) is 72.8 Å². The summed E-state index contributed by atoms with van der Waals surface area (Å²) in [5.41, 5.74) is 7.85. The Labute approximate surface area is 218 Å². The van der Waals surface area contributed by atoms with Gasteiger partial charge in [0.05, 0.1) is 27.8 Å². The average molecular weight is 485 g/mol. The molecule has 0 aliphatic rings. The molecule has 0 radical (unpaired) electrons. The second kappa shape index (κ2) is 8.15. The third kappa shape index (κ3) is 3.17. The van der Waals surface area contributed by atoms with E-state index in [1.54, 1.807) is 0 Å². The molecule has 38 heavy (non-hydrogen) atoms. The first kappa shape index (κ1) is 20.9. The monoisotopic (exact) mass is 484 g/mol. The summed E-state index contributed by atoms with van der Waals surface area (Å²) < 4.78 is 0. The van der Waals surface area contributed by atoms with Crippen molar-refractivity contribution in [2.45, 2.75) is 0 Å². The van der Waals surface area contributed by atoms with E-state index in [4.69, 9.17) is 9.97 Å². The third-order valence-corrected chi connectivity index (χ3v) is 7.35. The topological polar surface area (TPSA) is 51.6 Å². The van der Waals surface area contributed by atoms with Gasteiger partial charge in [0.1, 0.15) is 0 Å². The van der Waals surface area contributed by atoms with Crippen molar-refractivity contribution in [3.63, 3.8) is 0 Å². The van der Waals surface area contributed by atoms with Gasteiger partial charge in [-0.05, 0) is 46.7 Å². The number of aromatic nitrogens is 4. The Kier molecular flexibility index (Phi) is 4.49. The van der Waals surface area contributed by atoms with Crippen LogP contribution in [0.5, 0.6) is 0 Å². The van der Waals surface area contributed by atoms with Gasteiger partial charge in [0.15, 0.2) is 0 Å². The summed E-state index contributed by atoms with van der Waals surface area (Å²) in [7, 11) is 0. The molecule has 0 amide bonds. The standard InChI is InChI=1S/C34H20N4/c1-2-10-27-26(9-1)28-11-5-17-36-33(28)34-29(27)19-25(20-37-34)23-6-3-7-24(18-23)30-15-14-22-13-12-21-8-4-16-35-31(21)32(22)38-30/h1-20H. The van der Waals surface area contributed by atoms with E-state index >= 15 is 0 Å². The predicted molar refractivity (Wildman–Crippen MR) is 156 cm³/mol. The van der Waals surface area contributed by atoms with Crippen LogP contribution in [0.3, 0.4) is 0 Å². The number of hydrogen-bond donors (Lipinski definition) is 0. The van der Waals surface area contributed by atoms with Gasteiger partial charge >= 0.3 is 0 Å². The van der Waals surface area contributed by atoms with Gasteiger partial charge in [-0.2, -0.15) is 0 Å². The zero-order chi connectivity index (χ0) is 25.1. The Hall–Kier alpha value is -5.22. The van der Waals surface area contributed by atoms with Crippen LogP contribution in [0.2, 0.25) is 0 Å². The summed E-state index contributed by atoms with van der Waals surface area (Å²) in [6.45, 7) is 0. The van der Waals surface area contributed by atoms with Gasteiger partial charge in [0, 0.05) is 51.3 Å². The fourth-order valence-corrected chi connectivity index (χ4v) is 5.52. The maximum absolute atomic E-state index is 5.05. The Morgan fingerprint density at radius 1 is 0.395 bits per heavy atom. The molecule has 4 heterocycles. The fourth-order valence-electron chi connectivity index (χ4n) is 5.52. The summed E-state index contributed by atoms with van der Waals surface area (Å²) >= 11 is 0. The van der Waals surface area contributed by atoms with Crippen LogP contribution < -0.4 is 0 Å². The van der Waals surface area contributed by atoms with Gasteiger partial charge < -0.3 is 0 Å². The van der Waals surface area contributed by atoms with Crippen LogP contribution >= 0.6 is 0 Å². The van der Waals surface area contributed by atoms with Crippen LogP contribution in [0.1, 0.15) is 0 Å². The normalized spacial score (nSPS) is 11.7. The summed E-state index contributed by atoms with van der Waals surface area (Å²) in [6.07, 6.45) is 5.62. The molecule has 0 N–H and O–H groups in total. The van der Waals surface area contributed by atoms with Crippen LogP contribution in [0, 0.1) is 0 Å². The lowest BCUT2D eigenvalue weighted by Crippen LogP contribution is -1.91. The molecule has 4 aromatic carbocycles. The van der Waals surface area contributed by atoms with E-state index in [2.05, 4.69) is 101 Å². The number of benzene rings is 4. The van der Waals surface area contributed by atoms with Gasteiger partial charge in [-0.3, -0.25) is 15.0 Å². The highest BCUT2D eigenvalue weighted by Crippen LogP contribution is 2.35. The van der Waals surface area contributed by atoms with Crippen LogP contribution in [-0.2, 0) is 0 Å². The molecule has 0 atom stereocenters. The molecule has 0 fully saturated rings. The zero-order valence-electron chi connectivity index (χ0n) is 20.3. The van der Waals surface area contributed by atoms with Gasteiger partial charge in [0.2, 0.25) is 0 Å². The first-order chi connectivity index (χ1) is 18.8. The van der Waals surface area contributed by atoms with Crippen molar-refractivity contribution in [2.24, 2.45) is 0 Å². The van der Waals surface area contributed by atoms with E-state index in [1.165, 1.54) is 10.8 Å². The van der Waals surface area contributed by atoms with E-state index in [0.717, 1.165) is 66.0 Å². The number of nitrogens with zero attached hydrogens (tertiary/aromatic N) is 4. The lowest BCUT2D eigenvalue weighted by atomic mass is 9.96. The van der Waals surface area contributed by atoms with Gasteiger partial charge in [0.25, 0.3) is 0 Å². The van der Waals surface area contributed by atoms with Crippen LogP contribution in [0.25, 0.3) is 76.8 Å². The van der Waals surface area contributed by atoms with Gasteiger partial charge in [-0.15, -0.1) is 0 Å². The third-order valence-electron chi connectivity index (χ3n) is 7.35. The lowest BCUT2D eigenvalue weighted by Gasteiger charge is -2.11. The van der Waals surface area contributed by atoms with Crippen molar-refractivity contribution in [3.8, 4) is 22.4 Å². The summed E-state index contributed by atoms with van der Waals surface area (Å²) in [6, 6.07) is 35.8. The minimum absolute atomic E-state index is 0.921. The highest BCUT2D eigenvalue weighted by atomic mass is 14.8. The Morgan fingerprint density at radius 2 is 1.08 bits per heavy atom. The maximum Gasteiger partial charge on any atom is 0.0972 e.